The number of pyridine rings is 1. The summed E-state index contributed by atoms with van der Waals surface area (Å²) in [6, 6.07) is 9.22. The minimum atomic E-state index is -0.971. The molecule has 34 heavy (non-hydrogen) atoms. The number of amides is 1. The second-order valence-corrected chi connectivity index (χ2v) is 8.80. The third-order valence-corrected chi connectivity index (χ3v) is 5.91. The van der Waals surface area contributed by atoms with E-state index in [4.69, 9.17) is 5.11 Å². The van der Waals surface area contributed by atoms with Gasteiger partial charge < -0.3 is 19.7 Å². The van der Waals surface area contributed by atoms with Gasteiger partial charge in [-0.05, 0) is 56.7 Å². The van der Waals surface area contributed by atoms with Gasteiger partial charge in [-0.15, -0.1) is 0 Å². The molecule has 0 unspecified atom stereocenters. The quantitative estimate of drug-likeness (QED) is 0.439. The van der Waals surface area contributed by atoms with Crippen LogP contribution in [-0.4, -0.2) is 60.7 Å². The summed E-state index contributed by atoms with van der Waals surface area (Å²) < 4.78 is 2.10. The summed E-state index contributed by atoms with van der Waals surface area (Å²) in [5, 5.41) is 20.4. The van der Waals surface area contributed by atoms with Crippen molar-refractivity contribution < 1.29 is 15.0 Å². The number of nitrogens with zero attached hydrogens (tertiary/aromatic N) is 5. The highest BCUT2D eigenvalue weighted by Gasteiger charge is 2.19. The SMILES string of the molecule is CCn1cc(-c2ncc(-c3cc(C(C)(C)O)ccn3)cn2)c2cc(C(=O)N(C)CCO)ccc21. The van der Waals surface area contributed by atoms with E-state index in [-0.39, 0.29) is 19.1 Å². The summed E-state index contributed by atoms with van der Waals surface area (Å²) in [4.78, 5) is 27.8. The zero-order chi connectivity index (χ0) is 24.5. The highest BCUT2D eigenvalue weighted by atomic mass is 16.3. The Morgan fingerprint density at radius 2 is 1.85 bits per heavy atom. The zero-order valence-electron chi connectivity index (χ0n) is 19.9. The zero-order valence-corrected chi connectivity index (χ0v) is 19.9. The highest BCUT2D eigenvalue weighted by molar-refractivity contribution is 6.02. The third kappa shape index (κ3) is 4.55. The lowest BCUT2D eigenvalue weighted by Gasteiger charge is -2.18. The number of rotatable bonds is 7. The van der Waals surface area contributed by atoms with Gasteiger partial charge in [-0.2, -0.15) is 0 Å². The molecule has 3 heterocycles. The number of aryl methyl sites for hydroxylation is 1. The molecule has 2 N–H and O–H groups in total. The molecule has 176 valence electrons. The molecule has 0 saturated carbocycles. The van der Waals surface area contributed by atoms with Crippen molar-refractivity contribution in [1.82, 2.24) is 24.4 Å². The van der Waals surface area contributed by atoms with Gasteiger partial charge in [0.15, 0.2) is 5.82 Å². The molecule has 3 aromatic heterocycles. The molecular weight excluding hydrogens is 430 g/mol. The minimum absolute atomic E-state index is 0.0876. The molecule has 0 aliphatic carbocycles. The van der Waals surface area contributed by atoms with Crippen LogP contribution in [0.4, 0.5) is 0 Å². The second kappa shape index (κ2) is 9.32. The van der Waals surface area contributed by atoms with Gasteiger partial charge in [0.05, 0.1) is 17.9 Å². The normalized spacial score (nSPS) is 11.7. The molecule has 1 aromatic carbocycles. The van der Waals surface area contributed by atoms with Crippen molar-refractivity contribution in [1.29, 1.82) is 0 Å². The van der Waals surface area contributed by atoms with Crippen LogP contribution in [0.15, 0.2) is 55.1 Å². The molecule has 0 aliphatic rings. The molecule has 0 radical (unpaired) electrons. The number of carbonyl (C=O) groups excluding carboxylic acids is 1. The van der Waals surface area contributed by atoms with Crippen LogP contribution in [-0.2, 0) is 12.1 Å². The van der Waals surface area contributed by atoms with E-state index in [0.717, 1.165) is 34.1 Å². The first-order valence-electron chi connectivity index (χ1n) is 11.2. The maximum Gasteiger partial charge on any atom is 0.253 e. The first kappa shape index (κ1) is 23.5. The molecule has 0 fully saturated rings. The first-order valence-corrected chi connectivity index (χ1v) is 11.2. The lowest BCUT2D eigenvalue weighted by molar-refractivity contribution is 0.0765. The van der Waals surface area contributed by atoms with E-state index in [9.17, 15) is 9.90 Å². The van der Waals surface area contributed by atoms with E-state index in [1.54, 1.807) is 51.6 Å². The monoisotopic (exact) mass is 459 g/mol. The average molecular weight is 460 g/mol. The van der Waals surface area contributed by atoms with Gasteiger partial charge in [0.25, 0.3) is 5.91 Å². The van der Waals surface area contributed by atoms with Gasteiger partial charge in [0.1, 0.15) is 0 Å². The van der Waals surface area contributed by atoms with Crippen molar-refractivity contribution in [2.75, 3.05) is 20.2 Å². The lowest BCUT2D eigenvalue weighted by Crippen LogP contribution is -2.29. The van der Waals surface area contributed by atoms with E-state index in [2.05, 4.69) is 26.4 Å². The number of likely N-dealkylation sites (N-methyl/N-ethyl adjacent to an activating group) is 1. The number of aliphatic hydroxyl groups is 2. The van der Waals surface area contributed by atoms with E-state index >= 15 is 0 Å². The Kier molecular flexibility index (Phi) is 6.45. The van der Waals surface area contributed by atoms with E-state index < -0.39 is 5.60 Å². The molecule has 4 aromatic rings. The topological polar surface area (TPSA) is 104 Å². The highest BCUT2D eigenvalue weighted by Crippen LogP contribution is 2.31. The van der Waals surface area contributed by atoms with Gasteiger partial charge in [-0.1, -0.05) is 0 Å². The van der Waals surface area contributed by atoms with Crippen molar-refractivity contribution in [3.63, 3.8) is 0 Å². The summed E-state index contributed by atoms with van der Waals surface area (Å²) in [6.45, 7) is 6.47. The van der Waals surface area contributed by atoms with E-state index in [1.165, 1.54) is 4.90 Å². The van der Waals surface area contributed by atoms with Gasteiger partial charge >= 0.3 is 0 Å². The summed E-state index contributed by atoms with van der Waals surface area (Å²) in [6.07, 6.45) is 7.10. The Bertz CT molecular complexity index is 1320. The maximum atomic E-state index is 12.8. The molecule has 0 saturated heterocycles. The smallest absolute Gasteiger partial charge is 0.253 e. The van der Waals surface area contributed by atoms with Crippen LogP contribution in [0.2, 0.25) is 0 Å². The lowest BCUT2D eigenvalue weighted by atomic mass is 9.98. The van der Waals surface area contributed by atoms with Crippen molar-refractivity contribution in [3.05, 3.63) is 66.2 Å². The molecule has 4 rings (SSSR count). The van der Waals surface area contributed by atoms with Gasteiger partial charge in [0, 0.05) is 72.5 Å². The van der Waals surface area contributed by atoms with Crippen LogP contribution < -0.4 is 0 Å². The predicted octanol–water partition coefficient (Wildman–Crippen LogP) is 3.47. The number of benzene rings is 1. The molecule has 0 bridgehead atoms. The van der Waals surface area contributed by atoms with Crippen molar-refractivity contribution >= 4 is 16.8 Å². The molecule has 1 amide bonds. The van der Waals surface area contributed by atoms with Gasteiger partial charge in [0.2, 0.25) is 0 Å². The number of carbonyl (C=O) groups is 1. The first-order chi connectivity index (χ1) is 16.2. The Hall–Kier alpha value is -3.62. The molecule has 8 heteroatoms. The number of fused-ring (bicyclic) bond motifs is 1. The van der Waals surface area contributed by atoms with Crippen molar-refractivity contribution in [2.24, 2.45) is 0 Å². The summed E-state index contributed by atoms with van der Waals surface area (Å²) in [5.74, 6) is 0.396. The fourth-order valence-electron chi connectivity index (χ4n) is 3.91. The Morgan fingerprint density at radius 1 is 1.12 bits per heavy atom. The van der Waals surface area contributed by atoms with Crippen molar-refractivity contribution in [3.8, 4) is 22.6 Å². The van der Waals surface area contributed by atoms with Crippen LogP contribution in [0.1, 0.15) is 36.7 Å². The standard InChI is InChI=1S/C26H29N5O3/c1-5-31-16-21(20-12-17(6-7-23(20)31)25(33)30(4)10-11-32)24-28-14-18(15-29-24)22-13-19(8-9-27-22)26(2,3)34/h6-9,12-16,32,34H,5,10-11H2,1-4H3. The summed E-state index contributed by atoms with van der Waals surface area (Å²) in [7, 11) is 1.67. The number of aliphatic hydroxyl groups excluding tert-OH is 1. The maximum absolute atomic E-state index is 12.8. The van der Waals surface area contributed by atoms with Crippen LogP contribution in [0.5, 0.6) is 0 Å². The summed E-state index contributed by atoms with van der Waals surface area (Å²) in [5.41, 5.74) is 3.59. The Balaban J connectivity index is 1.73. The van der Waals surface area contributed by atoms with Gasteiger partial charge in [-0.25, -0.2) is 9.97 Å². The fourth-order valence-corrected chi connectivity index (χ4v) is 3.91. The van der Waals surface area contributed by atoms with Crippen LogP contribution in [0, 0.1) is 0 Å². The molecule has 0 atom stereocenters. The van der Waals surface area contributed by atoms with E-state index in [1.807, 2.05) is 24.4 Å². The van der Waals surface area contributed by atoms with Crippen LogP contribution in [0.3, 0.4) is 0 Å². The average Bonchev–Trinajstić information content (AvgIpc) is 3.21. The number of aromatic nitrogens is 4. The van der Waals surface area contributed by atoms with Crippen LogP contribution >= 0.6 is 0 Å². The molecule has 0 spiro atoms. The Morgan fingerprint density at radius 3 is 2.50 bits per heavy atom. The predicted molar refractivity (Wildman–Crippen MR) is 131 cm³/mol. The van der Waals surface area contributed by atoms with E-state index in [0.29, 0.717) is 17.1 Å². The minimum Gasteiger partial charge on any atom is -0.395 e. The number of hydrogen-bond acceptors (Lipinski definition) is 6. The molecule has 8 nitrogen and oxygen atoms in total. The summed E-state index contributed by atoms with van der Waals surface area (Å²) >= 11 is 0. The Labute approximate surface area is 198 Å². The van der Waals surface area contributed by atoms with Crippen LogP contribution in [0.25, 0.3) is 33.5 Å². The number of hydrogen-bond donors (Lipinski definition) is 2. The largest absolute Gasteiger partial charge is 0.395 e. The second-order valence-electron chi connectivity index (χ2n) is 8.80. The van der Waals surface area contributed by atoms with Crippen molar-refractivity contribution in [2.45, 2.75) is 32.9 Å². The molecular formula is C26H29N5O3. The fraction of sp³-hybridized carbons (Fsp3) is 0.308. The third-order valence-electron chi connectivity index (χ3n) is 5.91. The molecule has 0 aliphatic heterocycles. The van der Waals surface area contributed by atoms with Gasteiger partial charge in [-0.3, -0.25) is 9.78 Å².